The Morgan fingerprint density at radius 1 is 1.77 bits per heavy atom. The summed E-state index contributed by atoms with van der Waals surface area (Å²) in [5.41, 5.74) is 0. The highest BCUT2D eigenvalue weighted by atomic mass is 32.2. The maximum atomic E-state index is 11.0. The van der Waals surface area contributed by atoms with Crippen molar-refractivity contribution in [2.45, 2.75) is 6.04 Å². The van der Waals surface area contributed by atoms with Crippen LogP contribution in [0.4, 0.5) is 4.79 Å². The standard InChI is InChI=1S/C5H9NO6S/c1-11-2-4-3-12-13(9,10)6(4)5(7)8/h4H,2-3H2,1H3,(H,7,8)/t4-/m1/s1. The molecule has 1 amide bonds. The number of hydrogen-bond acceptors (Lipinski definition) is 5. The Bertz CT molecular complexity index is 298. The monoisotopic (exact) mass is 211 g/mol. The Balaban J connectivity index is 2.86. The van der Waals surface area contributed by atoms with Crippen LogP contribution in [0.15, 0.2) is 0 Å². The highest BCUT2D eigenvalue weighted by molar-refractivity contribution is 7.85. The van der Waals surface area contributed by atoms with Crippen LogP contribution in [0.25, 0.3) is 0 Å². The minimum absolute atomic E-state index is 0.00840. The smallest absolute Gasteiger partial charge is 0.423 e. The molecule has 0 bridgehead atoms. The first-order valence-electron chi connectivity index (χ1n) is 3.39. The Morgan fingerprint density at radius 3 is 2.85 bits per heavy atom. The van der Waals surface area contributed by atoms with Gasteiger partial charge in [-0.2, -0.15) is 12.7 Å². The first-order valence-corrected chi connectivity index (χ1v) is 4.76. The highest BCUT2D eigenvalue weighted by Gasteiger charge is 2.42. The van der Waals surface area contributed by atoms with Gasteiger partial charge < -0.3 is 9.84 Å². The van der Waals surface area contributed by atoms with E-state index in [4.69, 9.17) is 5.11 Å². The van der Waals surface area contributed by atoms with Crippen molar-refractivity contribution in [2.24, 2.45) is 0 Å². The molecule has 1 atom stereocenters. The molecule has 1 aliphatic heterocycles. The van der Waals surface area contributed by atoms with Gasteiger partial charge in [-0.05, 0) is 0 Å². The number of rotatable bonds is 2. The van der Waals surface area contributed by atoms with Crippen molar-refractivity contribution in [1.29, 1.82) is 0 Å². The number of carbonyl (C=O) groups is 1. The first kappa shape index (κ1) is 10.2. The van der Waals surface area contributed by atoms with Gasteiger partial charge >= 0.3 is 16.4 Å². The predicted octanol–water partition coefficient (Wildman–Crippen LogP) is -0.744. The number of nitrogens with zero attached hydrogens (tertiary/aromatic N) is 1. The maximum absolute atomic E-state index is 11.0. The van der Waals surface area contributed by atoms with Gasteiger partial charge in [-0.15, -0.1) is 0 Å². The molecule has 1 N–H and O–H groups in total. The minimum atomic E-state index is -4.10. The van der Waals surface area contributed by atoms with Crippen LogP contribution in [0.1, 0.15) is 0 Å². The Morgan fingerprint density at radius 2 is 2.38 bits per heavy atom. The molecule has 1 heterocycles. The number of ether oxygens (including phenoxy) is 1. The van der Waals surface area contributed by atoms with Crippen LogP contribution in [-0.4, -0.2) is 50.3 Å². The van der Waals surface area contributed by atoms with Gasteiger partial charge in [-0.3, -0.25) is 4.18 Å². The molecular weight excluding hydrogens is 202 g/mol. The normalized spacial score (nSPS) is 26.2. The summed E-state index contributed by atoms with van der Waals surface area (Å²) in [6.45, 7) is -0.200. The van der Waals surface area contributed by atoms with E-state index in [1.807, 2.05) is 0 Å². The SMILES string of the molecule is COC[C@@H]1COS(=O)(=O)N1C(=O)O. The summed E-state index contributed by atoms with van der Waals surface area (Å²) >= 11 is 0. The molecule has 1 aliphatic rings. The van der Waals surface area contributed by atoms with E-state index in [2.05, 4.69) is 8.92 Å². The van der Waals surface area contributed by atoms with E-state index in [0.29, 0.717) is 0 Å². The molecule has 0 aliphatic carbocycles. The van der Waals surface area contributed by atoms with Gasteiger partial charge in [0.05, 0.1) is 13.2 Å². The summed E-state index contributed by atoms with van der Waals surface area (Å²) in [6.07, 6.45) is -1.56. The number of hydrogen-bond donors (Lipinski definition) is 1. The summed E-state index contributed by atoms with van der Waals surface area (Å²) in [5, 5.41) is 8.56. The lowest BCUT2D eigenvalue weighted by Crippen LogP contribution is -2.40. The molecule has 0 aromatic carbocycles. The fourth-order valence-corrected chi connectivity index (χ4v) is 2.15. The van der Waals surface area contributed by atoms with Crippen LogP contribution in [0, 0.1) is 0 Å². The van der Waals surface area contributed by atoms with Crippen molar-refractivity contribution in [3.05, 3.63) is 0 Å². The van der Waals surface area contributed by atoms with E-state index in [9.17, 15) is 13.2 Å². The van der Waals surface area contributed by atoms with Crippen molar-refractivity contribution in [3.8, 4) is 0 Å². The molecule has 7 nitrogen and oxygen atoms in total. The quantitative estimate of drug-likeness (QED) is 0.646. The highest BCUT2D eigenvalue weighted by Crippen LogP contribution is 2.18. The Hall–Kier alpha value is -0.860. The van der Waals surface area contributed by atoms with Crippen LogP contribution in [0.3, 0.4) is 0 Å². The van der Waals surface area contributed by atoms with Crippen LogP contribution in [0.5, 0.6) is 0 Å². The van der Waals surface area contributed by atoms with Crippen molar-refractivity contribution in [2.75, 3.05) is 20.3 Å². The summed E-state index contributed by atoms with van der Waals surface area (Å²) in [6, 6.07) is -0.785. The van der Waals surface area contributed by atoms with Gasteiger partial charge in [-0.1, -0.05) is 0 Å². The van der Waals surface area contributed by atoms with Crippen molar-refractivity contribution in [1.82, 2.24) is 4.31 Å². The van der Waals surface area contributed by atoms with E-state index in [1.54, 1.807) is 0 Å². The van der Waals surface area contributed by atoms with Crippen molar-refractivity contribution < 1.29 is 27.2 Å². The lowest BCUT2D eigenvalue weighted by atomic mass is 10.3. The van der Waals surface area contributed by atoms with E-state index in [1.165, 1.54) is 7.11 Å². The molecule has 0 spiro atoms. The number of methoxy groups -OCH3 is 1. The molecule has 1 rings (SSSR count). The van der Waals surface area contributed by atoms with E-state index >= 15 is 0 Å². The molecule has 8 heteroatoms. The van der Waals surface area contributed by atoms with Crippen LogP contribution in [0.2, 0.25) is 0 Å². The van der Waals surface area contributed by atoms with Crippen LogP contribution >= 0.6 is 0 Å². The zero-order chi connectivity index (χ0) is 10.1. The zero-order valence-electron chi connectivity index (χ0n) is 6.84. The molecule has 13 heavy (non-hydrogen) atoms. The second-order valence-electron chi connectivity index (χ2n) is 2.43. The third-order valence-electron chi connectivity index (χ3n) is 1.53. The maximum Gasteiger partial charge on any atom is 0.423 e. The van der Waals surface area contributed by atoms with E-state index in [0.717, 1.165) is 0 Å². The molecule has 0 unspecified atom stereocenters. The minimum Gasteiger partial charge on any atom is -0.464 e. The van der Waals surface area contributed by atoms with Crippen molar-refractivity contribution in [3.63, 3.8) is 0 Å². The largest absolute Gasteiger partial charge is 0.464 e. The molecular formula is C5H9NO6S. The molecule has 76 valence electrons. The average Bonchev–Trinajstić information content (AvgIpc) is 2.26. The molecule has 0 aromatic rings. The van der Waals surface area contributed by atoms with Gasteiger partial charge in [0.2, 0.25) is 0 Å². The molecule has 1 saturated heterocycles. The fourth-order valence-electron chi connectivity index (χ4n) is 1.03. The van der Waals surface area contributed by atoms with Gasteiger partial charge in [-0.25, -0.2) is 4.79 Å². The van der Waals surface area contributed by atoms with Gasteiger partial charge in [0.1, 0.15) is 6.04 Å². The summed E-state index contributed by atoms with van der Waals surface area (Å²) in [4.78, 5) is 10.5. The summed E-state index contributed by atoms with van der Waals surface area (Å²) < 4.78 is 31.1. The summed E-state index contributed by atoms with van der Waals surface area (Å²) in [5.74, 6) is 0. The number of amides is 1. The third-order valence-corrected chi connectivity index (χ3v) is 2.90. The topological polar surface area (TPSA) is 93.1 Å². The Labute approximate surface area is 75.1 Å². The van der Waals surface area contributed by atoms with Gasteiger partial charge in [0.15, 0.2) is 0 Å². The second kappa shape index (κ2) is 3.48. The van der Waals surface area contributed by atoms with Gasteiger partial charge in [0.25, 0.3) is 0 Å². The molecule has 0 saturated carbocycles. The zero-order valence-corrected chi connectivity index (χ0v) is 7.65. The van der Waals surface area contributed by atoms with E-state index < -0.39 is 22.4 Å². The molecule has 1 fully saturated rings. The molecule has 0 radical (unpaired) electrons. The average molecular weight is 211 g/mol. The van der Waals surface area contributed by atoms with E-state index in [-0.39, 0.29) is 17.5 Å². The van der Waals surface area contributed by atoms with Crippen LogP contribution in [-0.2, 0) is 19.2 Å². The Kier molecular flexibility index (Phi) is 2.74. The summed E-state index contributed by atoms with van der Waals surface area (Å²) in [7, 11) is -2.75. The third kappa shape index (κ3) is 1.90. The predicted molar refractivity (Wildman–Crippen MR) is 40.4 cm³/mol. The van der Waals surface area contributed by atoms with Gasteiger partial charge in [0, 0.05) is 7.11 Å². The number of carboxylic acid groups (broad SMARTS) is 1. The lowest BCUT2D eigenvalue weighted by molar-refractivity contribution is 0.118. The lowest BCUT2D eigenvalue weighted by Gasteiger charge is -2.15. The van der Waals surface area contributed by atoms with Crippen LogP contribution < -0.4 is 0 Å². The second-order valence-corrected chi connectivity index (χ2v) is 3.91. The fraction of sp³-hybridized carbons (Fsp3) is 0.800. The first-order chi connectivity index (χ1) is 5.99. The van der Waals surface area contributed by atoms with Crippen molar-refractivity contribution >= 4 is 16.4 Å². The molecule has 0 aromatic heterocycles.